The van der Waals surface area contributed by atoms with Crippen LogP contribution in [0, 0.1) is 0 Å². The van der Waals surface area contributed by atoms with Gasteiger partial charge in [-0.25, -0.2) is 0 Å². The molecule has 6 heteroatoms. The molecular weight excluding hydrogens is 498 g/mol. The van der Waals surface area contributed by atoms with Gasteiger partial charge in [-0.3, -0.25) is 9.59 Å². The molecule has 0 fully saturated rings. The summed E-state index contributed by atoms with van der Waals surface area (Å²) in [6, 6.07) is 0. The molecule has 0 unspecified atom stereocenters. The Morgan fingerprint density at radius 2 is 1.05 bits per heavy atom. The van der Waals surface area contributed by atoms with Crippen molar-refractivity contribution in [1.29, 1.82) is 0 Å². The Kier molecular flexibility index (Phi) is 17.1. The van der Waals surface area contributed by atoms with Crippen molar-refractivity contribution in [1.82, 2.24) is 0 Å². The summed E-state index contributed by atoms with van der Waals surface area (Å²) >= 11 is 4.61. The van der Waals surface area contributed by atoms with Gasteiger partial charge in [-0.15, -0.1) is 0 Å². The molecule has 0 aromatic rings. The quantitative estimate of drug-likeness (QED) is 0.146. The lowest BCUT2D eigenvalue weighted by Gasteiger charge is -2.06. The zero-order valence-corrected chi connectivity index (χ0v) is 16.9. The summed E-state index contributed by atoms with van der Waals surface area (Å²) in [5, 5.41) is 0. The Morgan fingerprint density at radius 1 is 0.619 bits per heavy atom. The molecule has 0 aliphatic rings. The van der Waals surface area contributed by atoms with Crippen LogP contribution < -0.4 is 0 Å². The van der Waals surface area contributed by atoms with Crippen LogP contribution in [0.5, 0.6) is 0 Å². The second kappa shape index (κ2) is 16.8. The van der Waals surface area contributed by atoms with E-state index in [9.17, 15) is 9.59 Å². The van der Waals surface area contributed by atoms with Gasteiger partial charge in [0.2, 0.25) is 0 Å². The van der Waals surface area contributed by atoms with Gasteiger partial charge in [0.05, 0.1) is 13.2 Å². The zero-order valence-electron chi connectivity index (χ0n) is 12.6. The van der Waals surface area contributed by atoms with Gasteiger partial charge in [-0.2, -0.15) is 0 Å². The van der Waals surface area contributed by atoms with E-state index in [1.165, 1.54) is 0 Å². The van der Waals surface area contributed by atoms with Crippen LogP contribution in [0.1, 0.15) is 57.8 Å². The number of alkyl halides is 2. The molecule has 0 rings (SSSR count). The van der Waals surface area contributed by atoms with Crippen molar-refractivity contribution in [3.63, 3.8) is 0 Å². The number of hydrogen-bond acceptors (Lipinski definition) is 4. The second-order valence-electron chi connectivity index (χ2n) is 4.79. The predicted molar refractivity (Wildman–Crippen MR) is 101 cm³/mol. The lowest BCUT2D eigenvalue weighted by atomic mass is 10.2. The van der Waals surface area contributed by atoms with Gasteiger partial charge in [0.25, 0.3) is 0 Å². The fourth-order valence-electron chi connectivity index (χ4n) is 1.62. The van der Waals surface area contributed by atoms with Gasteiger partial charge in [0.1, 0.15) is 0 Å². The molecule has 0 N–H and O–H groups in total. The van der Waals surface area contributed by atoms with E-state index in [4.69, 9.17) is 9.47 Å². The van der Waals surface area contributed by atoms with Crippen LogP contribution in [-0.2, 0) is 19.1 Å². The lowest BCUT2D eigenvalue weighted by molar-refractivity contribution is -0.144. The Bertz CT molecular complexity index is 246. The summed E-state index contributed by atoms with van der Waals surface area (Å²) < 4.78 is 12.4. The van der Waals surface area contributed by atoms with E-state index in [1.54, 1.807) is 0 Å². The van der Waals surface area contributed by atoms with Crippen molar-refractivity contribution in [3.8, 4) is 0 Å². The molecule has 21 heavy (non-hydrogen) atoms. The summed E-state index contributed by atoms with van der Waals surface area (Å²) in [5.74, 6) is -0.192. The highest BCUT2D eigenvalue weighted by atomic mass is 127. The van der Waals surface area contributed by atoms with Gasteiger partial charge in [0, 0.05) is 12.8 Å². The fraction of sp³-hybridized carbons (Fsp3) is 0.867. The maximum Gasteiger partial charge on any atom is 0.305 e. The predicted octanol–water partition coefficient (Wildman–Crippen LogP) is 4.45. The topological polar surface area (TPSA) is 52.6 Å². The van der Waals surface area contributed by atoms with Crippen LogP contribution in [0.4, 0.5) is 0 Å². The fourth-order valence-corrected chi connectivity index (χ4v) is 2.70. The van der Waals surface area contributed by atoms with Crippen LogP contribution in [0.3, 0.4) is 0 Å². The Morgan fingerprint density at radius 3 is 1.43 bits per heavy atom. The maximum atomic E-state index is 11.3. The van der Waals surface area contributed by atoms with Gasteiger partial charge >= 0.3 is 11.9 Å². The lowest BCUT2D eigenvalue weighted by Crippen LogP contribution is -2.07. The number of hydrogen-bond donors (Lipinski definition) is 0. The monoisotopic (exact) mass is 524 g/mol. The molecule has 0 atom stereocenters. The number of esters is 2. The van der Waals surface area contributed by atoms with Crippen molar-refractivity contribution in [2.24, 2.45) is 0 Å². The van der Waals surface area contributed by atoms with E-state index in [1.807, 2.05) is 0 Å². The van der Waals surface area contributed by atoms with Crippen LogP contribution >= 0.6 is 45.2 Å². The summed E-state index contributed by atoms with van der Waals surface area (Å²) in [5.41, 5.74) is 0. The normalized spacial score (nSPS) is 10.4. The Hall–Kier alpha value is 0.400. The van der Waals surface area contributed by atoms with Crippen molar-refractivity contribution < 1.29 is 19.1 Å². The SMILES string of the molecule is O=C(CCCCI)OCCCCCOC(=O)CCCCI. The Labute approximate surface area is 155 Å². The largest absolute Gasteiger partial charge is 0.466 e. The second-order valence-corrected chi connectivity index (χ2v) is 6.95. The summed E-state index contributed by atoms with van der Waals surface area (Å²) in [6.07, 6.45) is 7.61. The first kappa shape index (κ1) is 21.4. The summed E-state index contributed by atoms with van der Waals surface area (Å²) in [6.45, 7) is 0.958. The third-order valence-corrected chi connectivity index (χ3v) is 4.37. The van der Waals surface area contributed by atoms with E-state index in [2.05, 4.69) is 45.2 Å². The summed E-state index contributed by atoms with van der Waals surface area (Å²) in [7, 11) is 0. The van der Waals surface area contributed by atoms with E-state index in [-0.39, 0.29) is 11.9 Å². The zero-order chi connectivity index (χ0) is 15.8. The number of rotatable bonds is 14. The molecule has 4 nitrogen and oxygen atoms in total. The highest BCUT2D eigenvalue weighted by Crippen LogP contribution is 2.04. The number of halogens is 2. The molecule has 0 aromatic heterocycles. The van der Waals surface area contributed by atoms with Gasteiger partial charge in [-0.1, -0.05) is 45.2 Å². The van der Waals surface area contributed by atoms with Gasteiger partial charge in [-0.05, 0) is 53.8 Å². The number of carbonyl (C=O) groups excluding carboxylic acids is 2. The molecule has 0 aliphatic heterocycles. The average molecular weight is 524 g/mol. The molecule has 0 aliphatic carbocycles. The van der Waals surface area contributed by atoms with Crippen molar-refractivity contribution in [2.45, 2.75) is 57.8 Å². The molecule has 0 radical (unpaired) electrons. The molecule has 0 amide bonds. The van der Waals surface area contributed by atoms with E-state index in [0.29, 0.717) is 26.1 Å². The van der Waals surface area contributed by atoms with Gasteiger partial charge < -0.3 is 9.47 Å². The number of ether oxygens (including phenoxy) is 2. The third-order valence-electron chi connectivity index (χ3n) is 2.84. The van der Waals surface area contributed by atoms with Crippen molar-refractivity contribution in [2.75, 3.05) is 22.1 Å². The van der Waals surface area contributed by atoms with E-state index in [0.717, 1.165) is 53.8 Å². The van der Waals surface area contributed by atoms with Gasteiger partial charge in [0.15, 0.2) is 0 Å². The van der Waals surface area contributed by atoms with Crippen LogP contribution in [-0.4, -0.2) is 34.0 Å². The molecule has 0 aromatic carbocycles. The summed E-state index contributed by atoms with van der Waals surface area (Å²) in [4.78, 5) is 22.7. The molecule has 0 spiro atoms. The smallest absolute Gasteiger partial charge is 0.305 e. The number of unbranched alkanes of at least 4 members (excludes halogenated alkanes) is 4. The Balaban J connectivity index is 3.24. The maximum absolute atomic E-state index is 11.3. The molecule has 0 bridgehead atoms. The van der Waals surface area contributed by atoms with E-state index >= 15 is 0 Å². The van der Waals surface area contributed by atoms with E-state index < -0.39 is 0 Å². The highest BCUT2D eigenvalue weighted by Gasteiger charge is 2.03. The minimum Gasteiger partial charge on any atom is -0.466 e. The molecule has 124 valence electrons. The van der Waals surface area contributed by atoms with Crippen molar-refractivity contribution >= 4 is 57.1 Å². The first-order chi connectivity index (χ1) is 10.2. The van der Waals surface area contributed by atoms with Crippen LogP contribution in [0.2, 0.25) is 0 Å². The van der Waals surface area contributed by atoms with Crippen LogP contribution in [0.15, 0.2) is 0 Å². The van der Waals surface area contributed by atoms with Crippen molar-refractivity contribution in [3.05, 3.63) is 0 Å². The molecule has 0 saturated heterocycles. The molecular formula is C15H26I2O4. The minimum atomic E-state index is -0.0958. The minimum absolute atomic E-state index is 0.0958. The van der Waals surface area contributed by atoms with Crippen LogP contribution in [0.25, 0.3) is 0 Å². The molecule has 0 heterocycles. The first-order valence-corrected chi connectivity index (χ1v) is 10.7. The highest BCUT2D eigenvalue weighted by molar-refractivity contribution is 14.1. The number of carbonyl (C=O) groups is 2. The average Bonchev–Trinajstić information content (AvgIpc) is 2.47. The third kappa shape index (κ3) is 16.6. The standard InChI is InChI=1S/C15H26I2O4/c16-10-4-2-8-14(18)20-12-6-1-7-13-21-15(19)9-3-5-11-17/h1-13H2. The first-order valence-electron chi connectivity index (χ1n) is 7.64. The molecule has 0 saturated carbocycles.